The molecule has 4 aromatic rings. The number of aromatic amines is 1. The molecule has 4 nitrogen and oxygen atoms in total. The Bertz CT molecular complexity index is 1300. The minimum absolute atomic E-state index is 0.0769. The van der Waals surface area contributed by atoms with Crippen LogP contribution >= 0.6 is 11.6 Å². The van der Waals surface area contributed by atoms with Gasteiger partial charge < -0.3 is 10.3 Å². The molecule has 4 rings (SSSR count). The molecule has 0 aliphatic rings. The van der Waals surface area contributed by atoms with Crippen LogP contribution in [-0.2, 0) is 17.4 Å². The van der Waals surface area contributed by atoms with Crippen molar-refractivity contribution in [3.8, 4) is 11.1 Å². The number of alkyl halides is 3. The van der Waals surface area contributed by atoms with E-state index in [1.165, 1.54) is 19.1 Å². The van der Waals surface area contributed by atoms with Crippen molar-refractivity contribution in [1.82, 2.24) is 9.97 Å². The molecule has 1 amide bonds. The van der Waals surface area contributed by atoms with E-state index >= 15 is 0 Å². The van der Waals surface area contributed by atoms with Gasteiger partial charge in [-0.3, -0.25) is 4.79 Å². The van der Waals surface area contributed by atoms with Crippen molar-refractivity contribution in [2.24, 2.45) is 0 Å². The molecular weight excluding hydrogens is 439 g/mol. The van der Waals surface area contributed by atoms with Gasteiger partial charge in [-0.1, -0.05) is 23.7 Å². The Morgan fingerprint density at radius 1 is 1.09 bits per heavy atom. The fourth-order valence-electron chi connectivity index (χ4n) is 3.52. The first-order chi connectivity index (χ1) is 15.2. The van der Waals surface area contributed by atoms with Crippen LogP contribution in [0.4, 0.5) is 18.9 Å². The lowest BCUT2D eigenvalue weighted by Crippen LogP contribution is -2.14. The number of nitrogens with one attached hydrogen (secondary N) is 2. The zero-order chi connectivity index (χ0) is 22.9. The minimum atomic E-state index is -4.48. The van der Waals surface area contributed by atoms with Gasteiger partial charge in [0.25, 0.3) is 0 Å². The van der Waals surface area contributed by atoms with Crippen LogP contribution < -0.4 is 5.32 Å². The monoisotopic (exact) mass is 457 g/mol. The van der Waals surface area contributed by atoms with E-state index in [0.717, 1.165) is 33.8 Å². The van der Waals surface area contributed by atoms with E-state index in [1.54, 1.807) is 12.3 Å². The predicted octanol–water partition coefficient (Wildman–Crippen LogP) is 6.78. The third kappa shape index (κ3) is 4.78. The van der Waals surface area contributed by atoms with Gasteiger partial charge >= 0.3 is 6.18 Å². The number of carbonyl (C=O) groups is 1. The first-order valence-corrected chi connectivity index (χ1v) is 10.3. The number of pyridine rings is 1. The lowest BCUT2D eigenvalue weighted by molar-refractivity contribution is -0.138. The third-order valence-corrected chi connectivity index (χ3v) is 5.60. The molecule has 0 bridgehead atoms. The highest BCUT2D eigenvalue weighted by Gasteiger charge is 2.32. The molecule has 0 atom stereocenters. The molecular formula is C24H19ClF3N3O. The predicted molar refractivity (Wildman–Crippen MR) is 120 cm³/mol. The van der Waals surface area contributed by atoms with Gasteiger partial charge in [0.2, 0.25) is 5.91 Å². The van der Waals surface area contributed by atoms with Crippen LogP contribution in [-0.4, -0.2) is 15.9 Å². The molecule has 0 spiro atoms. The largest absolute Gasteiger partial charge is 0.416 e. The number of halogens is 4. The van der Waals surface area contributed by atoms with Crippen molar-refractivity contribution in [3.05, 3.63) is 82.6 Å². The van der Waals surface area contributed by atoms with E-state index in [0.29, 0.717) is 11.4 Å². The van der Waals surface area contributed by atoms with Gasteiger partial charge in [-0.05, 0) is 66.4 Å². The average molecular weight is 458 g/mol. The number of aromatic nitrogens is 2. The summed E-state index contributed by atoms with van der Waals surface area (Å²) in [6, 6.07) is 13.2. The van der Waals surface area contributed by atoms with E-state index in [4.69, 9.17) is 11.6 Å². The Morgan fingerprint density at radius 3 is 2.69 bits per heavy atom. The quantitative estimate of drug-likeness (QED) is 0.347. The number of hydrogen-bond acceptors (Lipinski definition) is 2. The highest BCUT2D eigenvalue weighted by atomic mass is 35.5. The molecule has 0 fully saturated rings. The Labute approximate surface area is 187 Å². The van der Waals surface area contributed by atoms with Crippen LogP contribution in [0.15, 0.2) is 60.9 Å². The minimum Gasteiger partial charge on any atom is -0.346 e. The summed E-state index contributed by atoms with van der Waals surface area (Å²) >= 11 is 6.32. The van der Waals surface area contributed by atoms with E-state index in [2.05, 4.69) is 15.3 Å². The number of benzene rings is 2. The molecule has 0 radical (unpaired) electrons. The molecule has 32 heavy (non-hydrogen) atoms. The number of nitrogens with zero attached hydrogens (tertiary/aromatic N) is 1. The van der Waals surface area contributed by atoms with Crippen molar-refractivity contribution in [2.75, 3.05) is 5.32 Å². The zero-order valence-electron chi connectivity index (χ0n) is 17.1. The molecule has 2 aromatic carbocycles. The highest BCUT2D eigenvalue weighted by molar-refractivity contribution is 6.31. The Kier molecular flexibility index (Phi) is 5.93. The van der Waals surface area contributed by atoms with Crippen LogP contribution in [0.5, 0.6) is 0 Å². The molecule has 0 aliphatic carbocycles. The highest BCUT2D eigenvalue weighted by Crippen LogP contribution is 2.33. The Balaban J connectivity index is 1.47. The van der Waals surface area contributed by atoms with Crippen LogP contribution in [0, 0.1) is 6.92 Å². The summed E-state index contributed by atoms with van der Waals surface area (Å²) in [4.78, 5) is 19.8. The normalized spacial score (nSPS) is 11.7. The van der Waals surface area contributed by atoms with Gasteiger partial charge in [-0.25, -0.2) is 4.98 Å². The summed E-state index contributed by atoms with van der Waals surface area (Å²) in [5, 5.41) is 4.04. The SMILES string of the molecule is Cc1ccc(NC(=O)CCc2cc(-c3cnc4[nH]ccc4c3)ccc2Cl)cc1C(F)(F)F. The average Bonchev–Trinajstić information content (AvgIpc) is 3.21. The van der Waals surface area contributed by atoms with Crippen LogP contribution in [0.25, 0.3) is 22.2 Å². The maximum Gasteiger partial charge on any atom is 0.416 e. The molecule has 2 heterocycles. The molecule has 0 saturated carbocycles. The Hall–Kier alpha value is -3.32. The second-order valence-electron chi connectivity index (χ2n) is 7.52. The van der Waals surface area contributed by atoms with Crippen molar-refractivity contribution in [1.29, 1.82) is 0 Å². The molecule has 2 N–H and O–H groups in total. The summed E-state index contributed by atoms with van der Waals surface area (Å²) in [5.74, 6) is -0.390. The number of fused-ring (bicyclic) bond motifs is 1. The van der Waals surface area contributed by atoms with Gasteiger partial charge in [-0.15, -0.1) is 0 Å². The van der Waals surface area contributed by atoms with Crippen molar-refractivity contribution < 1.29 is 18.0 Å². The van der Waals surface area contributed by atoms with Gasteiger partial charge in [0.05, 0.1) is 5.56 Å². The molecule has 2 aromatic heterocycles. The fraction of sp³-hybridized carbons (Fsp3) is 0.167. The maximum atomic E-state index is 13.1. The molecule has 0 unspecified atom stereocenters. The smallest absolute Gasteiger partial charge is 0.346 e. The van der Waals surface area contributed by atoms with Gasteiger partial charge in [-0.2, -0.15) is 13.2 Å². The first-order valence-electron chi connectivity index (χ1n) is 9.90. The first kappa shape index (κ1) is 21.9. The van der Waals surface area contributed by atoms with Gasteiger partial charge in [0.1, 0.15) is 5.65 Å². The number of hydrogen-bond donors (Lipinski definition) is 2. The van der Waals surface area contributed by atoms with Gasteiger partial charge in [0.15, 0.2) is 0 Å². The van der Waals surface area contributed by atoms with Gasteiger partial charge in [0, 0.05) is 40.5 Å². The van der Waals surface area contributed by atoms with E-state index in [1.807, 2.05) is 30.5 Å². The second-order valence-corrected chi connectivity index (χ2v) is 7.93. The third-order valence-electron chi connectivity index (χ3n) is 5.23. The van der Waals surface area contributed by atoms with E-state index in [-0.39, 0.29) is 23.6 Å². The number of amides is 1. The maximum absolute atomic E-state index is 13.1. The lowest BCUT2D eigenvalue weighted by atomic mass is 10.0. The van der Waals surface area contributed by atoms with Crippen molar-refractivity contribution in [2.45, 2.75) is 25.9 Å². The topological polar surface area (TPSA) is 57.8 Å². The van der Waals surface area contributed by atoms with Crippen molar-refractivity contribution in [3.63, 3.8) is 0 Å². The number of carbonyl (C=O) groups excluding carboxylic acids is 1. The van der Waals surface area contributed by atoms with E-state index < -0.39 is 11.7 Å². The summed E-state index contributed by atoms with van der Waals surface area (Å²) in [6.45, 7) is 1.38. The standard InChI is InChI=1S/C24H19ClF3N3O/c1-14-2-5-19(12-20(14)24(26,27)28)31-22(32)7-4-16-10-15(3-6-21(16)25)18-11-17-8-9-29-23(17)30-13-18/h2-3,5-6,8-13H,4,7H2,1H3,(H,29,30)(H,31,32). The van der Waals surface area contributed by atoms with Crippen LogP contribution in [0.2, 0.25) is 5.02 Å². The molecule has 164 valence electrons. The second kappa shape index (κ2) is 8.67. The summed E-state index contributed by atoms with van der Waals surface area (Å²) in [5.41, 5.74) is 2.84. The summed E-state index contributed by atoms with van der Waals surface area (Å²) in [6.07, 6.45) is -0.478. The number of rotatable bonds is 5. The Morgan fingerprint density at radius 2 is 1.91 bits per heavy atom. The van der Waals surface area contributed by atoms with Crippen molar-refractivity contribution >= 4 is 34.2 Å². The van der Waals surface area contributed by atoms with Crippen LogP contribution in [0.1, 0.15) is 23.1 Å². The van der Waals surface area contributed by atoms with Crippen LogP contribution in [0.3, 0.4) is 0 Å². The molecule has 8 heteroatoms. The van der Waals surface area contributed by atoms with E-state index in [9.17, 15) is 18.0 Å². The molecule has 0 saturated heterocycles. The number of H-pyrrole nitrogens is 1. The molecule has 0 aliphatic heterocycles. The zero-order valence-corrected chi connectivity index (χ0v) is 17.8. The number of anilines is 1. The summed E-state index contributed by atoms with van der Waals surface area (Å²) < 4.78 is 39.3. The summed E-state index contributed by atoms with van der Waals surface area (Å²) in [7, 11) is 0. The number of aryl methyl sites for hydroxylation is 2. The lowest BCUT2D eigenvalue weighted by Gasteiger charge is -2.13. The fourth-order valence-corrected chi connectivity index (χ4v) is 3.73.